The van der Waals surface area contributed by atoms with E-state index in [9.17, 15) is 9.59 Å². The van der Waals surface area contributed by atoms with Crippen molar-refractivity contribution in [2.24, 2.45) is 10.6 Å². The van der Waals surface area contributed by atoms with Gasteiger partial charge in [-0.1, -0.05) is 37.2 Å². The molecular weight excluding hydrogens is 396 g/mol. The molecule has 0 saturated heterocycles. The number of hydrogen-bond donors (Lipinski definition) is 1. The van der Waals surface area contributed by atoms with Crippen LogP contribution in [0.2, 0.25) is 0 Å². The minimum absolute atomic E-state index is 0.120. The molecule has 0 atom stereocenters. The summed E-state index contributed by atoms with van der Waals surface area (Å²) in [6.07, 6.45) is 2.67. The summed E-state index contributed by atoms with van der Waals surface area (Å²) in [5.41, 5.74) is 2.99. The number of thiophene rings is 1. The van der Waals surface area contributed by atoms with Crippen LogP contribution >= 0.6 is 23.1 Å². The fraction of sp³-hybridized carbons (Fsp3) is 0.350. The average Bonchev–Trinajstić information content (AvgIpc) is 3.03. The summed E-state index contributed by atoms with van der Waals surface area (Å²) in [4.78, 5) is 30.1. The Morgan fingerprint density at radius 3 is 2.57 bits per heavy atom. The van der Waals surface area contributed by atoms with Crippen LogP contribution in [0.25, 0.3) is 0 Å². The van der Waals surface area contributed by atoms with Crippen LogP contribution in [-0.4, -0.2) is 31.1 Å². The van der Waals surface area contributed by atoms with Gasteiger partial charge in [-0.15, -0.1) is 23.1 Å². The molecule has 1 aliphatic carbocycles. The van der Waals surface area contributed by atoms with Crippen molar-refractivity contribution in [3.63, 3.8) is 0 Å². The number of amides is 1. The minimum atomic E-state index is -0.655. The minimum Gasteiger partial charge on any atom is -0.465 e. The van der Waals surface area contributed by atoms with Gasteiger partial charge in [0.2, 0.25) is 0 Å². The van der Waals surface area contributed by atoms with Gasteiger partial charge in [-0.25, -0.2) is 9.59 Å². The molecule has 0 unspecified atom stereocenters. The Kier molecular flexibility index (Phi) is 6.10. The fourth-order valence-corrected chi connectivity index (χ4v) is 5.24. The summed E-state index contributed by atoms with van der Waals surface area (Å²) in [7, 11) is 1.38. The van der Waals surface area contributed by atoms with E-state index in [2.05, 4.69) is 24.3 Å². The van der Waals surface area contributed by atoms with Gasteiger partial charge in [0.05, 0.1) is 17.0 Å². The third-order valence-corrected chi connectivity index (χ3v) is 6.71. The van der Waals surface area contributed by atoms with Gasteiger partial charge in [-0.2, -0.15) is 0 Å². The topological polar surface area (TPSA) is 77.0 Å². The second kappa shape index (κ2) is 8.36. The molecule has 0 spiro atoms. The van der Waals surface area contributed by atoms with Crippen molar-refractivity contribution >= 4 is 46.6 Å². The van der Waals surface area contributed by atoms with Crippen molar-refractivity contribution in [2.45, 2.75) is 30.9 Å². The summed E-state index contributed by atoms with van der Waals surface area (Å²) < 4.78 is 5.92. The van der Waals surface area contributed by atoms with E-state index < -0.39 is 6.09 Å². The van der Waals surface area contributed by atoms with E-state index in [4.69, 9.17) is 9.57 Å². The maximum atomic E-state index is 12.2. The van der Waals surface area contributed by atoms with Gasteiger partial charge in [-0.05, 0) is 42.2 Å². The Bertz CT molecular complexity index is 920. The maximum Gasteiger partial charge on any atom is 0.437 e. The van der Waals surface area contributed by atoms with Crippen molar-refractivity contribution in [1.29, 1.82) is 0 Å². The molecule has 1 aromatic carbocycles. The molecule has 0 bridgehead atoms. The summed E-state index contributed by atoms with van der Waals surface area (Å²) in [5, 5.41) is 6.81. The largest absolute Gasteiger partial charge is 0.465 e. The molecular formula is C20H22N2O4S2. The van der Waals surface area contributed by atoms with Crippen LogP contribution in [0.4, 0.5) is 10.5 Å². The molecule has 1 aromatic heterocycles. The van der Waals surface area contributed by atoms with Crippen molar-refractivity contribution < 1.29 is 19.2 Å². The predicted molar refractivity (Wildman–Crippen MR) is 113 cm³/mol. The normalized spacial score (nSPS) is 16.4. The molecule has 0 aliphatic heterocycles. The van der Waals surface area contributed by atoms with E-state index in [1.165, 1.54) is 18.4 Å². The standard InChI is InChI=1S/C20H22N2O4S2/c1-20(2)10-13-15(18(27-4)28-16(13)17(23)25-3)14(11-20)22-26-19(24)21-12-8-6-5-7-9-12/h5-9H,10-11H2,1-4H3,(H,21,24). The molecule has 1 heterocycles. The molecule has 28 heavy (non-hydrogen) atoms. The molecule has 0 saturated carbocycles. The fourth-order valence-electron chi connectivity index (χ4n) is 3.22. The second-order valence-corrected chi connectivity index (χ2v) is 9.29. The van der Waals surface area contributed by atoms with Crippen LogP contribution in [0.15, 0.2) is 39.7 Å². The average molecular weight is 419 g/mol. The third kappa shape index (κ3) is 4.39. The number of ether oxygens (including phenoxy) is 1. The molecule has 148 valence electrons. The molecule has 1 N–H and O–H groups in total. The third-order valence-electron chi connectivity index (χ3n) is 4.38. The van der Waals surface area contributed by atoms with Gasteiger partial charge in [0.15, 0.2) is 0 Å². The number of methoxy groups -OCH3 is 1. The Hall–Kier alpha value is -2.32. The summed E-state index contributed by atoms with van der Waals surface area (Å²) in [5.74, 6) is -0.346. The van der Waals surface area contributed by atoms with Crippen LogP contribution in [-0.2, 0) is 16.0 Å². The molecule has 1 aliphatic rings. The molecule has 3 rings (SSSR count). The van der Waals surface area contributed by atoms with E-state index in [1.54, 1.807) is 23.9 Å². The second-order valence-electron chi connectivity index (χ2n) is 7.19. The van der Waals surface area contributed by atoms with Gasteiger partial charge in [0, 0.05) is 11.3 Å². The maximum absolute atomic E-state index is 12.2. The van der Waals surface area contributed by atoms with Crippen LogP contribution < -0.4 is 5.32 Å². The number of fused-ring (bicyclic) bond motifs is 1. The van der Waals surface area contributed by atoms with Crippen molar-refractivity contribution in [3.05, 3.63) is 46.3 Å². The van der Waals surface area contributed by atoms with Crippen molar-refractivity contribution in [3.8, 4) is 0 Å². The zero-order valence-electron chi connectivity index (χ0n) is 16.2. The van der Waals surface area contributed by atoms with E-state index >= 15 is 0 Å². The summed E-state index contributed by atoms with van der Waals surface area (Å²) in [6.45, 7) is 4.21. The Morgan fingerprint density at radius 1 is 1.21 bits per heavy atom. The quantitative estimate of drug-likeness (QED) is 0.320. The highest BCUT2D eigenvalue weighted by Gasteiger charge is 2.37. The molecule has 2 aromatic rings. The lowest BCUT2D eigenvalue weighted by Crippen LogP contribution is -2.28. The van der Waals surface area contributed by atoms with E-state index in [0.717, 1.165) is 21.8 Å². The SMILES string of the molecule is COC(=O)c1sc(SC)c2c1CC(C)(C)CC2=NOC(=O)Nc1ccccc1. The smallest absolute Gasteiger partial charge is 0.437 e. The van der Waals surface area contributed by atoms with Gasteiger partial charge in [-0.3, -0.25) is 10.2 Å². The molecule has 8 heteroatoms. The summed E-state index contributed by atoms with van der Waals surface area (Å²) in [6, 6.07) is 9.04. The number of carbonyl (C=O) groups is 2. The first-order chi connectivity index (χ1) is 13.3. The van der Waals surface area contributed by atoms with Gasteiger partial charge >= 0.3 is 12.1 Å². The number of oxime groups is 1. The molecule has 0 radical (unpaired) electrons. The monoisotopic (exact) mass is 418 g/mol. The highest BCUT2D eigenvalue weighted by Crippen LogP contribution is 2.45. The van der Waals surface area contributed by atoms with Crippen LogP contribution in [0.3, 0.4) is 0 Å². The van der Waals surface area contributed by atoms with E-state index in [1.807, 2.05) is 24.5 Å². The van der Waals surface area contributed by atoms with Crippen molar-refractivity contribution in [2.75, 3.05) is 18.7 Å². The number of carbonyl (C=O) groups excluding carboxylic acids is 2. The number of nitrogens with one attached hydrogen (secondary N) is 1. The molecule has 0 fully saturated rings. The lowest BCUT2D eigenvalue weighted by atomic mass is 9.74. The van der Waals surface area contributed by atoms with Crippen LogP contribution in [0.5, 0.6) is 0 Å². The predicted octanol–water partition coefficient (Wildman–Crippen LogP) is 5.18. The number of esters is 1. The van der Waals surface area contributed by atoms with Gasteiger partial charge < -0.3 is 4.74 Å². The molecule has 1 amide bonds. The van der Waals surface area contributed by atoms with Crippen LogP contribution in [0.1, 0.15) is 41.1 Å². The lowest BCUT2D eigenvalue weighted by molar-refractivity contribution is 0.0604. The first-order valence-electron chi connectivity index (χ1n) is 8.73. The molecule has 6 nitrogen and oxygen atoms in total. The highest BCUT2D eigenvalue weighted by molar-refractivity contribution is 8.00. The first-order valence-corrected chi connectivity index (χ1v) is 10.8. The van der Waals surface area contributed by atoms with E-state index in [0.29, 0.717) is 22.7 Å². The van der Waals surface area contributed by atoms with E-state index in [-0.39, 0.29) is 11.4 Å². The van der Waals surface area contributed by atoms with Gasteiger partial charge in [0.25, 0.3) is 0 Å². The Morgan fingerprint density at radius 2 is 1.93 bits per heavy atom. The number of anilines is 1. The summed E-state index contributed by atoms with van der Waals surface area (Å²) >= 11 is 2.95. The number of para-hydroxylation sites is 1. The Balaban J connectivity index is 1.91. The first kappa shape index (κ1) is 20.4. The van der Waals surface area contributed by atoms with Crippen molar-refractivity contribution in [1.82, 2.24) is 0 Å². The number of nitrogens with zero attached hydrogens (tertiary/aromatic N) is 1. The Labute approximate surface area is 172 Å². The highest BCUT2D eigenvalue weighted by atomic mass is 32.2. The lowest BCUT2D eigenvalue weighted by Gasteiger charge is -2.31. The number of rotatable bonds is 4. The zero-order chi connectivity index (χ0) is 20.3. The van der Waals surface area contributed by atoms with Crippen LogP contribution in [0, 0.1) is 5.41 Å². The number of thioether (sulfide) groups is 1. The number of benzene rings is 1. The number of hydrogen-bond acceptors (Lipinski definition) is 7. The zero-order valence-corrected chi connectivity index (χ0v) is 17.8. The van der Waals surface area contributed by atoms with Gasteiger partial charge in [0.1, 0.15) is 4.88 Å².